The Morgan fingerprint density at radius 3 is 2.70 bits per heavy atom. The van der Waals surface area contributed by atoms with E-state index in [-0.39, 0.29) is 6.61 Å². The number of aliphatic hydroxyl groups is 2. The van der Waals surface area contributed by atoms with Crippen LogP contribution >= 0.6 is 0 Å². The van der Waals surface area contributed by atoms with Crippen molar-refractivity contribution in [1.82, 2.24) is 4.90 Å². The number of nitrogens with zero attached hydrogens (tertiary/aromatic N) is 1. The van der Waals surface area contributed by atoms with Crippen LogP contribution in [0, 0.1) is 0 Å². The van der Waals surface area contributed by atoms with Crippen LogP contribution in [0.15, 0.2) is 18.2 Å². The number of aliphatic hydroxyl groups excluding tert-OH is 2. The van der Waals surface area contributed by atoms with E-state index >= 15 is 0 Å². The number of benzene rings is 1. The first kappa shape index (κ1) is 18.0. The number of ether oxygens (including phenoxy) is 2. The molecule has 2 N–H and O–H groups in total. The van der Waals surface area contributed by atoms with Gasteiger partial charge in [0.05, 0.1) is 20.3 Å². The summed E-state index contributed by atoms with van der Waals surface area (Å²) in [6.45, 7) is 2.14. The summed E-state index contributed by atoms with van der Waals surface area (Å²) < 4.78 is 10.5. The van der Waals surface area contributed by atoms with Gasteiger partial charge in [-0.2, -0.15) is 0 Å². The lowest BCUT2D eigenvalue weighted by Crippen LogP contribution is -2.41. The number of rotatable bonds is 8. The van der Waals surface area contributed by atoms with Gasteiger partial charge in [0, 0.05) is 19.2 Å². The van der Waals surface area contributed by atoms with E-state index in [2.05, 4.69) is 4.90 Å². The van der Waals surface area contributed by atoms with E-state index in [0.29, 0.717) is 24.0 Å². The fourth-order valence-corrected chi connectivity index (χ4v) is 3.35. The second kappa shape index (κ2) is 9.11. The molecule has 0 spiro atoms. The van der Waals surface area contributed by atoms with Gasteiger partial charge >= 0.3 is 0 Å². The van der Waals surface area contributed by atoms with Gasteiger partial charge in [-0.15, -0.1) is 0 Å². The van der Waals surface area contributed by atoms with E-state index in [0.717, 1.165) is 31.5 Å². The number of hydrogen-bond acceptors (Lipinski definition) is 5. The molecule has 1 aromatic carbocycles. The van der Waals surface area contributed by atoms with E-state index in [4.69, 9.17) is 9.47 Å². The lowest BCUT2D eigenvalue weighted by Gasteiger charge is -2.36. The first-order chi connectivity index (χ1) is 11.2. The SMILES string of the molecule is COc1ccc(C(O)CCN2CCCCC2CCO)cc1OC. The Balaban J connectivity index is 1.94. The summed E-state index contributed by atoms with van der Waals surface area (Å²) in [6, 6.07) is 6.00. The molecule has 1 fully saturated rings. The fourth-order valence-electron chi connectivity index (χ4n) is 3.35. The summed E-state index contributed by atoms with van der Waals surface area (Å²) in [4.78, 5) is 2.41. The Kier molecular flexibility index (Phi) is 7.15. The Labute approximate surface area is 138 Å². The third-order valence-corrected chi connectivity index (χ3v) is 4.69. The van der Waals surface area contributed by atoms with E-state index in [1.165, 1.54) is 12.8 Å². The molecule has 0 bridgehead atoms. The molecule has 0 radical (unpaired) electrons. The second-order valence-corrected chi connectivity index (χ2v) is 6.12. The average molecular weight is 323 g/mol. The zero-order chi connectivity index (χ0) is 16.7. The normalized spacial score (nSPS) is 20.3. The van der Waals surface area contributed by atoms with Crippen molar-refractivity contribution >= 4 is 0 Å². The molecule has 5 heteroatoms. The van der Waals surface area contributed by atoms with Crippen molar-refractivity contribution in [2.45, 2.75) is 44.2 Å². The first-order valence-electron chi connectivity index (χ1n) is 8.44. The maximum atomic E-state index is 10.5. The molecule has 2 rings (SSSR count). The molecule has 1 aromatic rings. The van der Waals surface area contributed by atoms with E-state index in [1.54, 1.807) is 14.2 Å². The highest BCUT2D eigenvalue weighted by molar-refractivity contribution is 5.43. The van der Waals surface area contributed by atoms with Crippen LogP contribution in [0.25, 0.3) is 0 Å². The van der Waals surface area contributed by atoms with E-state index in [9.17, 15) is 10.2 Å². The summed E-state index contributed by atoms with van der Waals surface area (Å²) in [6.07, 6.45) is 4.57. The summed E-state index contributed by atoms with van der Waals surface area (Å²) in [7, 11) is 3.20. The molecule has 2 atom stereocenters. The Morgan fingerprint density at radius 1 is 1.22 bits per heavy atom. The first-order valence-corrected chi connectivity index (χ1v) is 8.44. The molecule has 2 unspecified atom stereocenters. The van der Waals surface area contributed by atoms with Gasteiger partial charge in [0.25, 0.3) is 0 Å². The Bertz CT molecular complexity index is 478. The summed E-state index contributed by atoms with van der Waals surface area (Å²) in [5.41, 5.74) is 0.846. The number of likely N-dealkylation sites (tertiary alicyclic amines) is 1. The molecule has 5 nitrogen and oxygen atoms in total. The van der Waals surface area contributed by atoms with Crippen molar-refractivity contribution in [2.75, 3.05) is 33.9 Å². The van der Waals surface area contributed by atoms with E-state index < -0.39 is 6.10 Å². The maximum Gasteiger partial charge on any atom is 0.161 e. The summed E-state index contributed by atoms with van der Waals surface area (Å²) >= 11 is 0. The minimum Gasteiger partial charge on any atom is -0.493 e. The van der Waals surface area contributed by atoms with Crippen molar-refractivity contribution in [3.8, 4) is 11.5 Å². The van der Waals surface area contributed by atoms with Crippen molar-refractivity contribution in [1.29, 1.82) is 0 Å². The zero-order valence-corrected chi connectivity index (χ0v) is 14.2. The predicted molar refractivity (Wildman–Crippen MR) is 90.0 cm³/mol. The van der Waals surface area contributed by atoms with Crippen molar-refractivity contribution < 1.29 is 19.7 Å². The molecular formula is C18H29NO4. The maximum absolute atomic E-state index is 10.5. The van der Waals surface area contributed by atoms with Crippen LogP contribution in [-0.4, -0.2) is 55.1 Å². The molecule has 130 valence electrons. The lowest BCUT2D eigenvalue weighted by atomic mass is 9.98. The Hall–Kier alpha value is -1.30. The third-order valence-electron chi connectivity index (χ3n) is 4.69. The van der Waals surface area contributed by atoms with Crippen molar-refractivity contribution in [2.24, 2.45) is 0 Å². The molecule has 0 aromatic heterocycles. The lowest BCUT2D eigenvalue weighted by molar-refractivity contribution is 0.0890. The molecule has 1 heterocycles. The summed E-state index contributed by atoms with van der Waals surface area (Å²) in [5, 5.41) is 19.7. The van der Waals surface area contributed by atoms with Crippen LogP contribution in [-0.2, 0) is 0 Å². The van der Waals surface area contributed by atoms with Gasteiger partial charge in [0.15, 0.2) is 11.5 Å². The predicted octanol–water partition coefficient (Wildman–Crippen LogP) is 2.36. The highest BCUT2D eigenvalue weighted by Gasteiger charge is 2.22. The standard InChI is InChI=1S/C18H29NO4/c1-22-17-7-6-14(13-18(17)23-2)16(21)8-11-19-10-4-3-5-15(19)9-12-20/h6-7,13,15-16,20-21H,3-5,8-12H2,1-2H3. The minimum atomic E-state index is -0.522. The van der Waals surface area contributed by atoms with Crippen molar-refractivity contribution in [3.63, 3.8) is 0 Å². The highest BCUT2D eigenvalue weighted by atomic mass is 16.5. The largest absolute Gasteiger partial charge is 0.493 e. The number of methoxy groups -OCH3 is 2. The molecule has 1 aliphatic rings. The molecule has 1 saturated heterocycles. The second-order valence-electron chi connectivity index (χ2n) is 6.12. The van der Waals surface area contributed by atoms with Gasteiger partial charge < -0.3 is 24.6 Å². The third kappa shape index (κ3) is 4.83. The van der Waals surface area contributed by atoms with Crippen LogP contribution in [0.3, 0.4) is 0 Å². The number of piperidine rings is 1. The van der Waals surface area contributed by atoms with Gasteiger partial charge in [-0.05, 0) is 49.9 Å². The summed E-state index contributed by atoms with van der Waals surface area (Å²) in [5.74, 6) is 1.31. The molecular weight excluding hydrogens is 294 g/mol. The molecule has 0 aliphatic carbocycles. The topological polar surface area (TPSA) is 62.2 Å². The molecule has 0 saturated carbocycles. The molecule has 23 heavy (non-hydrogen) atoms. The van der Waals surface area contributed by atoms with Gasteiger partial charge in [-0.3, -0.25) is 0 Å². The molecule has 1 aliphatic heterocycles. The van der Waals surface area contributed by atoms with Crippen LogP contribution in [0.2, 0.25) is 0 Å². The van der Waals surface area contributed by atoms with Gasteiger partial charge in [-0.25, -0.2) is 0 Å². The number of hydrogen-bond donors (Lipinski definition) is 2. The van der Waals surface area contributed by atoms with Crippen LogP contribution in [0.1, 0.15) is 43.8 Å². The average Bonchev–Trinajstić information content (AvgIpc) is 2.60. The quantitative estimate of drug-likeness (QED) is 0.769. The monoisotopic (exact) mass is 323 g/mol. The Morgan fingerprint density at radius 2 is 2.00 bits per heavy atom. The van der Waals surface area contributed by atoms with Gasteiger partial charge in [0.2, 0.25) is 0 Å². The van der Waals surface area contributed by atoms with Crippen molar-refractivity contribution in [3.05, 3.63) is 23.8 Å². The van der Waals surface area contributed by atoms with Crippen LogP contribution in [0.5, 0.6) is 11.5 Å². The highest BCUT2D eigenvalue weighted by Crippen LogP contribution is 2.31. The zero-order valence-electron chi connectivity index (χ0n) is 14.2. The van der Waals surface area contributed by atoms with Gasteiger partial charge in [0.1, 0.15) is 0 Å². The minimum absolute atomic E-state index is 0.236. The fraction of sp³-hybridized carbons (Fsp3) is 0.667. The molecule has 0 amide bonds. The van der Waals surface area contributed by atoms with E-state index in [1.807, 2.05) is 18.2 Å². The smallest absolute Gasteiger partial charge is 0.161 e. The van der Waals surface area contributed by atoms with Gasteiger partial charge in [-0.1, -0.05) is 12.5 Å². The van der Waals surface area contributed by atoms with Crippen LogP contribution in [0.4, 0.5) is 0 Å². The van der Waals surface area contributed by atoms with Crippen LogP contribution < -0.4 is 9.47 Å².